The van der Waals surface area contributed by atoms with Gasteiger partial charge >= 0.3 is 0 Å². The van der Waals surface area contributed by atoms with E-state index in [0.717, 1.165) is 18.5 Å². The lowest BCUT2D eigenvalue weighted by atomic mass is 10.2. The summed E-state index contributed by atoms with van der Waals surface area (Å²) >= 11 is 3.16. The van der Waals surface area contributed by atoms with Gasteiger partial charge in [0.1, 0.15) is 5.82 Å². The van der Waals surface area contributed by atoms with Gasteiger partial charge in [-0.2, -0.15) is 5.26 Å². The third-order valence-corrected chi connectivity index (χ3v) is 3.44. The van der Waals surface area contributed by atoms with Gasteiger partial charge in [-0.3, -0.25) is 0 Å². The van der Waals surface area contributed by atoms with Gasteiger partial charge in [-0.05, 0) is 34.8 Å². The Morgan fingerprint density at radius 1 is 1.53 bits per heavy atom. The van der Waals surface area contributed by atoms with Crippen molar-refractivity contribution in [3.8, 4) is 6.07 Å². The van der Waals surface area contributed by atoms with Crippen LogP contribution in [0.5, 0.6) is 0 Å². The minimum absolute atomic E-state index is 0.359. The van der Waals surface area contributed by atoms with Crippen LogP contribution in [0.3, 0.4) is 0 Å². The Labute approximate surface area is 108 Å². The van der Waals surface area contributed by atoms with Gasteiger partial charge in [-0.25, -0.2) is 4.39 Å². The average Bonchev–Trinajstić information content (AvgIpc) is 3.10. The van der Waals surface area contributed by atoms with Crippen LogP contribution in [0.15, 0.2) is 16.6 Å². The molecular formula is C12H13BrFN3. The zero-order valence-corrected chi connectivity index (χ0v) is 10.9. The van der Waals surface area contributed by atoms with E-state index in [1.165, 1.54) is 6.07 Å². The minimum Gasteiger partial charge on any atom is -0.397 e. The second-order valence-electron chi connectivity index (χ2n) is 4.16. The zero-order valence-electron chi connectivity index (χ0n) is 9.29. The highest BCUT2D eigenvalue weighted by Crippen LogP contribution is 2.37. The summed E-state index contributed by atoms with van der Waals surface area (Å²) in [5.74, 6) is -0.359. The predicted octanol–water partition coefficient (Wildman–Crippen LogP) is 3.05. The van der Waals surface area contributed by atoms with E-state index >= 15 is 0 Å². The van der Waals surface area contributed by atoms with Gasteiger partial charge in [0.2, 0.25) is 0 Å². The maximum Gasteiger partial charge on any atom is 0.139 e. The van der Waals surface area contributed by atoms with E-state index < -0.39 is 0 Å². The number of nitrogens with zero attached hydrogens (tertiary/aromatic N) is 2. The van der Waals surface area contributed by atoms with Crippen LogP contribution in [0.2, 0.25) is 0 Å². The first-order chi connectivity index (χ1) is 8.13. The maximum atomic E-state index is 13.3. The maximum absolute atomic E-state index is 13.3. The van der Waals surface area contributed by atoms with Crippen LogP contribution in [0.4, 0.5) is 15.8 Å². The lowest BCUT2D eigenvalue weighted by Gasteiger charge is -2.25. The van der Waals surface area contributed by atoms with Gasteiger partial charge in [-0.1, -0.05) is 0 Å². The van der Waals surface area contributed by atoms with Crippen LogP contribution in [-0.2, 0) is 0 Å². The molecule has 0 unspecified atom stereocenters. The van der Waals surface area contributed by atoms with Crippen molar-refractivity contribution in [3.05, 3.63) is 22.4 Å². The number of hydrogen-bond acceptors (Lipinski definition) is 3. The average molecular weight is 298 g/mol. The summed E-state index contributed by atoms with van der Waals surface area (Å²) in [6, 6.07) is 5.59. The van der Waals surface area contributed by atoms with Gasteiger partial charge in [0.15, 0.2) is 0 Å². The molecule has 17 heavy (non-hydrogen) atoms. The second-order valence-corrected chi connectivity index (χ2v) is 5.01. The molecule has 2 rings (SSSR count). The van der Waals surface area contributed by atoms with Crippen molar-refractivity contribution in [3.63, 3.8) is 0 Å². The fraction of sp³-hybridized carbons (Fsp3) is 0.417. The standard InChI is InChI=1S/C12H13BrFN3/c13-9-6-12(11(16)7-10(9)14)17(5-1-4-15)8-2-3-8/h6-8H,1-3,5,16H2. The van der Waals surface area contributed by atoms with E-state index in [4.69, 9.17) is 11.0 Å². The van der Waals surface area contributed by atoms with E-state index in [-0.39, 0.29) is 5.82 Å². The molecule has 0 aliphatic heterocycles. The van der Waals surface area contributed by atoms with Gasteiger partial charge in [0.05, 0.1) is 28.3 Å². The minimum atomic E-state index is -0.359. The monoisotopic (exact) mass is 297 g/mol. The van der Waals surface area contributed by atoms with Crippen LogP contribution in [0.1, 0.15) is 19.3 Å². The smallest absolute Gasteiger partial charge is 0.139 e. The summed E-state index contributed by atoms with van der Waals surface area (Å²) in [6.45, 7) is 0.642. The Kier molecular flexibility index (Phi) is 3.53. The molecule has 0 heterocycles. The molecule has 0 amide bonds. The highest BCUT2D eigenvalue weighted by molar-refractivity contribution is 9.10. The number of benzene rings is 1. The first kappa shape index (κ1) is 12.2. The molecule has 1 saturated carbocycles. The lowest BCUT2D eigenvalue weighted by Crippen LogP contribution is -2.27. The molecule has 0 saturated heterocycles. The summed E-state index contributed by atoms with van der Waals surface area (Å²) in [4.78, 5) is 2.10. The summed E-state index contributed by atoms with van der Waals surface area (Å²) in [5.41, 5.74) is 7.09. The molecule has 1 aliphatic carbocycles. The predicted molar refractivity (Wildman–Crippen MR) is 69.1 cm³/mol. The van der Waals surface area contributed by atoms with Crippen molar-refractivity contribution in [2.75, 3.05) is 17.2 Å². The van der Waals surface area contributed by atoms with E-state index in [1.807, 2.05) is 0 Å². The van der Waals surface area contributed by atoms with Crippen LogP contribution in [0.25, 0.3) is 0 Å². The van der Waals surface area contributed by atoms with E-state index in [9.17, 15) is 4.39 Å². The van der Waals surface area contributed by atoms with Gasteiger partial charge in [-0.15, -0.1) is 0 Å². The van der Waals surface area contributed by atoms with Gasteiger partial charge in [0, 0.05) is 18.7 Å². The first-order valence-electron chi connectivity index (χ1n) is 5.51. The molecule has 1 aliphatic rings. The highest BCUT2D eigenvalue weighted by Gasteiger charge is 2.30. The Balaban J connectivity index is 2.29. The summed E-state index contributed by atoms with van der Waals surface area (Å²) in [6.07, 6.45) is 2.67. The number of nitrogens with two attached hydrogens (primary N) is 1. The van der Waals surface area contributed by atoms with Crippen LogP contribution in [0, 0.1) is 17.1 Å². The van der Waals surface area contributed by atoms with Crippen LogP contribution in [-0.4, -0.2) is 12.6 Å². The number of anilines is 2. The molecule has 2 N–H and O–H groups in total. The third kappa shape index (κ3) is 2.70. The van der Waals surface area contributed by atoms with Gasteiger partial charge < -0.3 is 10.6 Å². The molecule has 0 radical (unpaired) electrons. The second kappa shape index (κ2) is 4.92. The molecular weight excluding hydrogens is 285 g/mol. The number of nitrogen functional groups attached to an aromatic ring is 1. The molecule has 0 aromatic heterocycles. The molecule has 1 aromatic rings. The Morgan fingerprint density at radius 2 is 2.24 bits per heavy atom. The Hall–Kier alpha value is -1.28. The van der Waals surface area contributed by atoms with Crippen molar-refractivity contribution < 1.29 is 4.39 Å². The first-order valence-corrected chi connectivity index (χ1v) is 6.31. The molecule has 0 spiro atoms. The number of hydrogen-bond donors (Lipinski definition) is 1. The largest absolute Gasteiger partial charge is 0.397 e. The molecule has 0 atom stereocenters. The third-order valence-electron chi connectivity index (χ3n) is 2.83. The highest BCUT2D eigenvalue weighted by atomic mass is 79.9. The van der Waals surface area contributed by atoms with Crippen molar-refractivity contribution in [2.45, 2.75) is 25.3 Å². The van der Waals surface area contributed by atoms with Crippen molar-refractivity contribution in [1.82, 2.24) is 0 Å². The Morgan fingerprint density at radius 3 is 2.82 bits per heavy atom. The summed E-state index contributed by atoms with van der Waals surface area (Å²) in [7, 11) is 0. The number of halogens is 2. The zero-order chi connectivity index (χ0) is 12.4. The van der Waals surface area contributed by atoms with Crippen molar-refractivity contribution >= 4 is 27.3 Å². The topological polar surface area (TPSA) is 53.0 Å². The number of nitriles is 1. The summed E-state index contributed by atoms with van der Waals surface area (Å²) < 4.78 is 13.7. The lowest BCUT2D eigenvalue weighted by molar-refractivity contribution is 0.621. The van der Waals surface area contributed by atoms with E-state index in [2.05, 4.69) is 26.9 Å². The SMILES string of the molecule is N#CCCN(c1cc(Br)c(F)cc1N)C1CC1. The quantitative estimate of drug-likeness (QED) is 0.869. The van der Waals surface area contributed by atoms with Crippen molar-refractivity contribution in [2.24, 2.45) is 0 Å². The molecule has 0 bridgehead atoms. The molecule has 3 nitrogen and oxygen atoms in total. The van der Waals surface area contributed by atoms with E-state index in [0.29, 0.717) is 29.2 Å². The van der Waals surface area contributed by atoms with Crippen LogP contribution < -0.4 is 10.6 Å². The molecule has 1 fully saturated rings. The Bertz CT molecular complexity index is 466. The van der Waals surface area contributed by atoms with E-state index in [1.54, 1.807) is 6.07 Å². The van der Waals surface area contributed by atoms with Crippen LogP contribution >= 0.6 is 15.9 Å². The summed E-state index contributed by atoms with van der Waals surface area (Å²) in [5, 5.41) is 8.66. The molecule has 1 aromatic carbocycles. The fourth-order valence-corrected chi connectivity index (χ4v) is 2.19. The van der Waals surface area contributed by atoms with Crippen molar-refractivity contribution in [1.29, 1.82) is 5.26 Å². The number of rotatable bonds is 4. The fourth-order valence-electron chi connectivity index (χ4n) is 1.86. The molecule has 90 valence electrons. The molecule has 5 heteroatoms. The van der Waals surface area contributed by atoms with Gasteiger partial charge in [0.25, 0.3) is 0 Å². The normalized spacial score (nSPS) is 14.4.